The summed E-state index contributed by atoms with van der Waals surface area (Å²) in [5, 5.41) is 3.00. The van der Waals surface area contributed by atoms with Gasteiger partial charge in [-0.1, -0.05) is 26.0 Å². The summed E-state index contributed by atoms with van der Waals surface area (Å²) >= 11 is 5.02. The van der Waals surface area contributed by atoms with Crippen molar-refractivity contribution in [1.29, 1.82) is 0 Å². The highest BCUT2D eigenvalue weighted by molar-refractivity contribution is 7.89. The van der Waals surface area contributed by atoms with Gasteiger partial charge < -0.3 is 9.73 Å². The van der Waals surface area contributed by atoms with Crippen LogP contribution in [0.3, 0.4) is 0 Å². The minimum absolute atomic E-state index is 0.159. The molecule has 130 valence electrons. The summed E-state index contributed by atoms with van der Waals surface area (Å²) in [6.45, 7) is 4.56. The van der Waals surface area contributed by atoms with E-state index < -0.39 is 10.0 Å². The Morgan fingerprint density at radius 2 is 1.96 bits per heavy atom. The lowest BCUT2D eigenvalue weighted by molar-refractivity contribution is 0.502. The van der Waals surface area contributed by atoms with Gasteiger partial charge in [0.15, 0.2) is 5.11 Å². The fraction of sp³-hybridized carbons (Fsp3) is 0.312. The Labute approximate surface area is 147 Å². The van der Waals surface area contributed by atoms with E-state index in [0.29, 0.717) is 18.2 Å². The van der Waals surface area contributed by atoms with E-state index in [2.05, 4.69) is 29.4 Å². The minimum atomic E-state index is -3.69. The predicted molar refractivity (Wildman–Crippen MR) is 96.8 cm³/mol. The minimum Gasteiger partial charge on any atom is -0.467 e. The number of furan rings is 1. The standard InChI is InChI=1S/C16H21N3O3S2/c1-3-12(2)13-6-8-15(9-7-13)24(20,21)19-18-16(23)17-11-14-5-4-10-22-14/h4-10,12,19H,3,11H2,1-2H3,(H2,17,18,23)/t12-/m1/s1. The summed E-state index contributed by atoms with van der Waals surface area (Å²) < 4.78 is 29.6. The molecule has 2 rings (SSSR count). The lowest BCUT2D eigenvalue weighted by Gasteiger charge is -2.13. The average Bonchev–Trinajstić information content (AvgIpc) is 3.11. The van der Waals surface area contributed by atoms with Gasteiger partial charge in [0.05, 0.1) is 17.7 Å². The van der Waals surface area contributed by atoms with Gasteiger partial charge in [0, 0.05) is 0 Å². The van der Waals surface area contributed by atoms with Crippen LogP contribution in [0.1, 0.15) is 37.5 Å². The normalized spacial score (nSPS) is 12.6. The first-order chi connectivity index (χ1) is 11.4. The molecule has 1 heterocycles. The molecule has 0 fully saturated rings. The zero-order valence-electron chi connectivity index (χ0n) is 13.6. The van der Waals surface area contributed by atoms with Crippen molar-refractivity contribution in [2.75, 3.05) is 0 Å². The summed E-state index contributed by atoms with van der Waals surface area (Å²) in [6, 6.07) is 10.4. The molecule has 0 amide bonds. The van der Waals surface area contributed by atoms with Crippen LogP contribution in [0.25, 0.3) is 0 Å². The number of hydrogen-bond acceptors (Lipinski definition) is 4. The van der Waals surface area contributed by atoms with E-state index in [1.54, 1.807) is 30.5 Å². The first-order valence-corrected chi connectivity index (χ1v) is 9.49. The molecule has 0 saturated heterocycles. The topological polar surface area (TPSA) is 83.4 Å². The fourth-order valence-corrected chi connectivity index (χ4v) is 3.04. The Kier molecular flexibility index (Phi) is 6.36. The van der Waals surface area contributed by atoms with Crippen molar-refractivity contribution < 1.29 is 12.8 Å². The van der Waals surface area contributed by atoms with Crippen LogP contribution in [0.2, 0.25) is 0 Å². The van der Waals surface area contributed by atoms with E-state index in [9.17, 15) is 8.42 Å². The quantitative estimate of drug-likeness (QED) is 0.515. The molecule has 0 aliphatic heterocycles. The molecule has 1 aromatic carbocycles. The molecule has 1 atom stereocenters. The molecular formula is C16H21N3O3S2. The number of benzene rings is 1. The lowest BCUT2D eigenvalue weighted by Crippen LogP contribution is -2.46. The summed E-state index contributed by atoms with van der Waals surface area (Å²) in [5.41, 5.74) is 3.58. The van der Waals surface area contributed by atoms with Crippen molar-refractivity contribution in [3.05, 3.63) is 54.0 Å². The molecule has 0 aliphatic carbocycles. The molecule has 2 aromatic rings. The highest BCUT2D eigenvalue weighted by atomic mass is 32.2. The second kappa shape index (κ2) is 8.27. The van der Waals surface area contributed by atoms with E-state index in [0.717, 1.165) is 12.0 Å². The number of nitrogens with one attached hydrogen (secondary N) is 3. The largest absolute Gasteiger partial charge is 0.467 e. The molecule has 0 spiro atoms. The third-order valence-electron chi connectivity index (χ3n) is 3.67. The first-order valence-electron chi connectivity index (χ1n) is 7.60. The number of hydrazine groups is 1. The summed E-state index contributed by atoms with van der Waals surface area (Å²) in [4.78, 5) is 2.43. The van der Waals surface area contributed by atoms with Crippen LogP contribution in [0, 0.1) is 0 Å². The molecule has 0 radical (unpaired) electrons. The first kappa shape index (κ1) is 18.4. The zero-order chi connectivity index (χ0) is 17.6. The highest BCUT2D eigenvalue weighted by Crippen LogP contribution is 2.20. The van der Waals surface area contributed by atoms with Gasteiger partial charge in [0.1, 0.15) is 5.76 Å². The number of rotatable bonds is 7. The molecule has 24 heavy (non-hydrogen) atoms. The van der Waals surface area contributed by atoms with E-state index in [4.69, 9.17) is 16.6 Å². The van der Waals surface area contributed by atoms with Gasteiger partial charge in [-0.25, -0.2) is 8.42 Å². The Morgan fingerprint density at radius 1 is 1.25 bits per heavy atom. The second-order valence-corrected chi connectivity index (χ2v) is 7.46. The van der Waals surface area contributed by atoms with Crippen LogP contribution in [-0.2, 0) is 16.6 Å². The van der Waals surface area contributed by atoms with Gasteiger partial charge in [-0.15, -0.1) is 4.83 Å². The van der Waals surface area contributed by atoms with Crippen LogP contribution in [0.4, 0.5) is 0 Å². The van der Waals surface area contributed by atoms with Gasteiger partial charge in [-0.3, -0.25) is 5.43 Å². The van der Waals surface area contributed by atoms with Gasteiger partial charge in [0.25, 0.3) is 10.0 Å². The predicted octanol–water partition coefficient (Wildman–Crippen LogP) is 2.65. The molecular weight excluding hydrogens is 346 g/mol. The van der Waals surface area contributed by atoms with Crippen LogP contribution in [-0.4, -0.2) is 13.5 Å². The molecule has 1 aromatic heterocycles. The van der Waals surface area contributed by atoms with E-state index in [1.807, 2.05) is 12.1 Å². The molecule has 0 bridgehead atoms. The highest BCUT2D eigenvalue weighted by Gasteiger charge is 2.14. The molecule has 0 saturated carbocycles. The van der Waals surface area contributed by atoms with E-state index in [-0.39, 0.29) is 10.0 Å². The average molecular weight is 367 g/mol. The zero-order valence-corrected chi connectivity index (χ0v) is 15.2. The summed E-state index contributed by atoms with van der Waals surface area (Å²) in [5.74, 6) is 1.09. The number of thiocarbonyl (C=S) groups is 1. The Hall–Kier alpha value is -1.90. The molecule has 3 N–H and O–H groups in total. The third-order valence-corrected chi connectivity index (χ3v) is 5.18. The van der Waals surface area contributed by atoms with Crippen molar-refractivity contribution >= 4 is 27.4 Å². The smallest absolute Gasteiger partial charge is 0.257 e. The summed E-state index contributed by atoms with van der Waals surface area (Å²) in [7, 11) is -3.69. The fourth-order valence-electron chi connectivity index (χ4n) is 2.01. The van der Waals surface area contributed by atoms with E-state index in [1.165, 1.54) is 0 Å². The summed E-state index contributed by atoms with van der Waals surface area (Å²) in [6.07, 6.45) is 2.56. The Morgan fingerprint density at radius 3 is 2.54 bits per heavy atom. The Balaban J connectivity index is 1.89. The van der Waals surface area contributed by atoms with E-state index >= 15 is 0 Å². The Bertz CT molecular complexity index is 756. The van der Waals surface area contributed by atoms with Crippen molar-refractivity contribution in [2.24, 2.45) is 0 Å². The van der Waals surface area contributed by atoms with Gasteiger partial charge in [-0.2, -0.15) is 0 Å². The lowest BCUT2D eigenvalue weighted by atomic mass is 9.99. The second-order valence-electron chi connectivity index (χ2n) is 5.37. The molecule has 0 unspecified atom stereocenters. The van der Waals surface area contributed by atoms with Crippen LogP contribution in [0.5, 0.6) is 0 Å². The SMILES string of the molecule is CC[C@@H](C)c1ccc(S(=O)(=O)NNC(=S)NCc2ccco2)cc1. The maximum Gasteiger partial charge on any atom is 0.257 e. The van der Waals surface area contributed by atoms with Crippen LogP contribution in [0.15, 0.2) is 52.0 Å². The van der Waals surface area contributed by atoms with Gasteiger partial charge >= 0.3 is 0 Å². The van der Waals surface area contributed by atoms with Gasteiger partial charge in [-0.05, 0) is 54.4 Å². The third kappa shape index (κ3) is 5.05. The molecule has 8 heteroatoms. The van der Waals surface area contributed by atoms with Gasteiger partial charge in [0.2, 0.25) is 0 Å². The maximum absolute atomic E-state index is 12.2. The number of sulfonamides is 1. The van der Waals surface area contributed by atoms with Crippen molar-refractivity contribution in [1.82, 2.24) is 15.6 Å². The van der Waals surface area contributed by atoms with Crippen molar-refractivity contribution in [2.45, 2.75) is 37.6 Å². The van der Waals surface area contributed by atoms with Crippen LogP contribution >= 0.6 is 12.2 Å². The maximum atomic E-state index is 12.2. The molecule has 6 nitrogen and oxygen atoms in total. The number of hydrogen-bond donors (Lipinski definition) is 3. The monoisotopic (exact) mass is 367 g/mol. The van der Waals surface area contributed by atoms with Crippen LogP contribution < -0.4 is 15.6 Å². The van der Waals surface area contributed by atoms with Crippen molar-refractivity contribution in [3.63, 3.8) is 0 Å². The molecule has 0 aliphatic rings. The van der Waals surface area contributed by atoms with Crippen molar-refractivity contribution in [3.8, 4) is 0 Å².